The summed E-state index contributed by atoms with van der Waals surface area (Å²) in [5.41, 5.74) is 13.8. The first-order valence-electron chi connectivity index (χ1n) is 25.1. The third kappa shape index (κ3) is 8.62. The number of ether oxygens (including phenoxy) is 2. The van der Waals surface area contributed by atoms with Crippen LogP contribution in [-0.4, -0.2) is 116 Å². The van der Waals surface area contributed by atoms with E-state index in [2.05, 4.69) is 94.9 Å². The number of nitrogens with one attached hydrogen (secondary N) is 2. The normalized spacial score (nSPS) is 21.1. The second-order valence-electron chi connectivity index (χ2n) is 19.5. The summed E-state index contributed by atoms with van der Waals surface area (Å²) in [5, 5.41) is 0. The number of amides is 4. The van der Waals surface area contributed by atoms with Crippen LogP contribution in [0.1, 0.15) is 97.4 Å². The quantitative estimate of drug-likeness (QED) is 0.153. The average molecular weight is 941 g/mol. The van der Waals surface area contributed by atoms with Crippen LogP contribution in [-0.2, 0) is 44.7 Å². The summed E-state index contributed by atoms with van der Waals surface area (Å²) in [5.74, 6) is 1.50. The van der Waals surface area contributed by atoms with Gasteiger partial charge in [0, 0.05) is 49.7 Å². The second kappa shape index (κ2) is 19.3. The molecule has 2 N–H and O–H groups in total. The van der Waals surface area contributed by atoms with Crippen molar-refractivity contribution in [1.82, 2.24) is 39.5 Å². The minimum absolute atomic E-state index is 0.0261. The van der Waals surface area contributed by atoms with Gasteiger partial charge in [0.25, 0.3) is 0 Å². The molecule has 14 rings (SSSR count). The van der Waals surface area contributed by atoms with Crippen LogP contribution in [0.25, 0.3) is 44.8 Å². The minimum Gasteiger partial charge on any atom is -0.453 e. The predicted octanol–water partition coefficient (Wildman–Crippen LogP) is 9.47. The van der Waals surface area contributed by atoms with Crippen LogP contribution >= 0.6 is 0 Å². The SMILES string of the molecule is COC(=O)N1CCC[C@H]1C(=O)N1CCC[C@H]1c1nc(-c2ccc(-c3cc4ccc3CCc3ccc(c(-c5ccc(-c6c[nH]c([C@@H]7CCCN7C(=O)[C@@H]7CCCN7C(=O)OC)n6)cc5)c3)CC4)cc2)c[nH]1. The number of carbonyl (C=O) groups excluding carboxylic acids is 4. The first-order chi connectivity index (χ1) is 34.2. The molecule has 0 unspecified atom stereocenters. The van der Waals surface area contributed by atoms with Gasteiger partial charge in [0.15, 0.2) is 0 Å². The molecule has 0 radical (unpaired) electrons. The van der Waals surface area contributed by atoms with E-state index in [1.165, 1.54) is 58.7 Å². The monoisotopic (exact) mass is 940 g/mol. The first kappa shape index (κ1) is 45.2. The lowest BCUT2D eigenvalue weighted by molar-refractivity contribution is -0.137. The van der Waals surface area contributed by atoms with Crippen molar-refractivity contribution < 1.29 is 28.7 Å². The number of hydrogen-bond donors (Lipinski definition) is 2. The highest BCUT2D eigenvalue weighted by Gasteiger charge is 2.43. The standard InChI is InChI=1S/C56H60N8O6/c1-69-55(67)63-29-5-9-49(63)53(65)61-27-3-7-47(61)51-57-33-45(59-51)41-23-19-39(20-24-41)43-31-35-11-15-37(43)17-13-36-12-16-38(18-14-35)44(32-36)40-21-25-42(26-22-40)46-34-58-52(60-46)48-8-4-28-62(48)54(66)50-10-6-30-64(50)56(68)70-2/h11-12,15-16,19-26,31-34,47-50H,3-10,13-14,17-18,27-30H2,1-2H3,(H,57,59)(H,58,60)/t47-,48-,49-,50-/m0/s1. The Kier molecular flexibility index (Phi) is 12.5. The van der Waals surface area contributed by atoms with E-state index in [0.29, 0.717) is 39.0 Å². The van der Waals surface area contributed by atoms with Gasteiger partial charge in [0.05, 0.1) is 37.7 Å². The lowest BCUT2D eigenvalue weighted by Gasteiger charge is -2.30. The van der Waals surface area contributed by atoms with Crippen LogP contribution in [0.5, 0.6) is 0 Å². The molecule has 4 amide bonds. The van der Waals surface area contributed by atoms with E-state index in [4.69, 9.17) is 19.4 Å². The third-order valence-corrected chi connectivity index (χ3v) is 15.5. The Labute approximate surface area is 408 Å². The maximum atomic E-state index is 13.8. The summed E-state index contributed by atoms with van der Waals surface area (Å²) in [6.07, 6.45) is 12.9. The lowest BCUT2D eigenvalue weighted by Crippen LogP contribution is -2.47. The van der Waals surface area contributed by atoms with E-state index < -0.39 is 24.3 Å². The topological polar surface area (TPSA) is 157 Å². The zero-order valence-corrected chi connectivity index (χ0v) is 40.0. The van der Waals surface area contributed by atoms with E-state index in [0.717, 1.165) is 98.4 Å². The van der Waals surface area contributed by atoms with E-state index in [1.807, 2.05) is 22.2 Å². The number of aromatic amines is 2. The molecule has 4 fully saturated rings. The fraction of sp³-hybridized carbons (Fsp3) is 0.393. The molecule has 4 saturated heterocycles. The summed E-state index contributed by atoms with van der Waals surface area (Å²) in [7, 11) is 2.73. The van der Waals surface area contributed by atoms with E-state index in [-0.39, 0.29) is 23.9 Å². The number of rotatable bonds is 8. The zero-order valence-electron chi connectivity index (χ0n) is 40.0. The van der Waals surface area contributed by atoms with Crippen molar-refractivity contribution in [2.24, 2.45) is 0 Å². The molecule has 14 heteroatoms. The van der Waals surface area contributed by atoms with Gasteiger partial charge < -0.3 is 29.2 Å². The van der Waals surface area contributed by atoms with Gasteiger partial charge in [0.2, 0.25) is 11.8 Å². The number of carbonyl (C=O) groups is 4. The number of benzene rings is 4. The fourth-order valence-corrected chi connectivity index (χ4v) is 11.8. The van der Waals surface area contributed by atoms with Gasteiger partial charge >= 0.3 is 12.2 Å². The molecule has 4 atom stereocenters. The third-order valence-electron chi connectivity index (χ3n) is 15.5. The van der Waals surface area contributed by atoms with Gasteiger partial charge in [-0.2, -0.15) is 0 Å². The van der Waals surface area contributed by atoms with Crippen molar-refractivity contribution in [3.63, 3.8) is 0 Å². The number of H-pyrrole nitrogens is 2. The van der Waals surface area contributed by atoms with Crippen LogP contribution in [0.4, 0.5) is 9.59 Å². The maximum Gasteiger partial charge on any atom is 0.410 e. The van der Waals surface area contributed by atoms with Crippen molar-refractivity contribution in [3.05, 3.63) is 131 Å². The number of methoxy groups -OCH3 is 2. The Balaban J connectivity index is 0.760. The van der Waals surface area contributed by atoms with Gasteiger partial charge in [-0.1, -0.05) is 84.9 Å². The molecule has 8 aliphatic rings. The van der Waals surface area contributed by atoms with Crippen LogP contribution in [0.3, 0.4) is 0 Å². The summed E-state index contributed by atoms with van der Waals surface area (Å²) >= 11 is 0. The highest BCUT2D eigenvalue weighted by atomic mass is 16.5. The summed E-state index contributed by atoms with van der Waals surface area (Å²) < 4.78 is 9.94. The molecule has 2 aromatic heterocycles. The largest absolute Gasteiger partial charge is 0.453 e. The van der Waals surface area contributed by atoms with Crippen LogP contribution in [0, 0.1) is 0 Å². The molecule has 4 aliphatic heterocycles. The number of aromatic nitrogens is 4. The molecule has 14 nitrogen and oxygen atoms in total. The molecule has 4 aromatic carbocycles. The molecule has 0 spiro atoms. The predicted molar refractivity (Wildman–Crippen MR) is 265 cm³/mol. The van der Waals surface area contributed by atoms with Crippen LogP contribution in [0.2, 0.25) is 0 Å². The maximum absolute atomic E-state index is 13.8. The molecule has 360 valence electrons. The molecular formula is C56H60N8O6. The van der Waals surface area contributed by atoms with Gasteiger partial charge in [-0.05, 0) is 122 Å². The van der Waals surface area contributed by atoms with Crippen LogP contribution < -0.4 is 0 Å². The zero-order chi connectivity index (χ0) is 47.9. The van der Waals surface area contributed by atoms with Crippen LogP contribution in [0.15, 0.2) is 97.3 Å². The molecule has 4 bridgehead atoms. The smallest absolute Gasteiger partial charge is 0.410 e. The highest BCUT2D eigenvalue weighted by molar-refractivity contribution is 5.88. The Morgan fingerprint density at radius 3 is 1.29 bits per heavy atom. The Bertz CT molecular complexity index is 2730. The lowest BCUT2D eigenvalue weighted by atomic mass is 9.87. The van der Waals surface area contributed by atoms with E-state index in [9.17, 15) is 19.2 Å². The number of likely N-dealkylation sites (tertiary alicyclic amines) is 4. The fourth-order valence-electron chi connectivity index (χ4n) is 11.8. The Morgan fingerprint density at radius 1 is 0.486 bits per heavy atom. The molecule has 6 aromatic rings. The van der Waals surface area contributed by atoms with Crippen molar-refractivity contribution in [1.29, 1.82) is 0 Å². The molecule has 6 heterocycles. The average Bonchev–Trinajstić information content (AvgIpc) is 4.26. The van der Waals surface area contributed by atoms with Crippen molar-refractivity contribution in [3.8, 4) is 44.8 Å². The van der Waals surface area contributed by atoms with Crippen molar-refractivity contribution in [2.45, 2.75) is 101 Å². The van der Waals surface area contributed by atoms with Gasteiger partial charge in [-0.25, -0.2) is 19.6 Å². The number of nitrogens with zero attached hydrogens (tertiary/aromatic N) is 6. The summed E-state index contributed by atoms with van der Waals surface area (Å²) in [6, 6.07) is 30.1. The number of aryl methyl sites for hydroxylation is 4. The summed E-state index contributed by atoms with van der Waals surface area (Å²) in [4.78, 5) is 76.0. The van der Waals surface area contributed by atoms with E-state index in [1.54, 1.807) is 9.80 Å². The molecule has 4 aliphatic carbocycles. The molecule has 0 saturated carbocycles. The van der Waals surface area contributed by atoms with Crippen molar-refractivity contribution >= 4 is 24.0 Å². The van der Waals surface area contributed by atoms with E-state index >= 15 is 0 Å². The minimum atomic E-state index is -0.489. The summed E-state index contributed by atoms with van der Waals surface area (Å²) in [6.45, 7) is 2.36. The second-order valence-corrected chi connectivity index (χ2v) is 19.5. The van der Waals surface area contributed by atoms with Gasteiger partial charge in [0.1, 0.15) is 23.7 Å². The molecular weight excluding hydrogens is 881 g/mol. The highest BCUT2D eigenvalue weighted by Crippen LogP contribution is 2.38. The molecule has 70 heavy (non-hydrogen) atoms. The van der Waals surface area contributed by atoms with Gasteiger partial charge in [-0.15, -0.1) is 0 Å². The number of imidazole rings is 2. The number of hydrogen-bond acceptors (Lipinski definition) is 8. The Hall–Kier alpha value is -7.22. The van der Waals surface area contributed by atoms with Crippen molar-refractivity contribution in [2.75, 3.05) is 40.4 Å². The first-order valence-corrected chi connectivity index (χ1v) is 25.1. The Morgan fingerprint density at radius 2 is 0.871 bits per heavy atom. The van der Waals surface area contributed by atoms with Gasteiger partial charge in [-0.3, -0.25) is 19.4 Å².